The van der Waals surface area contributed by atoms with E-state index >= 15 is 0 Å². The van der Waals surface area contributed by atoms with Crippen LogP contribution < -0.4 is 0 Å². The molecule has 1 atom stereocenters. The second-order valence-corrected chi connectivity index (χ2v) is 2.32. The topological polar surface area (TPSA) is 17.5 Å². The summed E-state index contributed by atoms with van der Waals surface area (Å²) < 4.78 is 4.99. The first-order valence-corrected chi connectivity index (χ1v) is 3.23. The van der Waals surface area contributed by atoms with Crippen LogP contribution in [0.5, 0.6) is 0 Å². The van der Waals surface area contributed by atoms with E-state index in [0.29, 0.717) is 11.0 Å². The van der Waals surface area contributed by atoms with Crippen LogP contribution in [0.15, 0.2) is 16.5 Å². The Kier molecular flexibility index (Phi) is 1.98. The van der Waals surface area contributed by atoms with Gasteiger partial charge in [0.1, 0.15) is 0 Å². The van der Waals surface area contributed by atoms with Gasteiger partial charge in [-0.25, -0.2) is 6.57 Å². The van der Waals surface area contributed by atoms with Crippen molar-refractivity contribution in [3.8, 4) is 0 Å². The van der Waals surface area contributed by atoms with Crippen LogP contribution in [0.2, 0.25) is 5.22 Å². The molecular weight excluding hydrogens is 150 g/mol. The van der Waals surface area contributed by atoms with E-state index in [2.05, 4.69) is 4.85 Å². The lowest BCUT2D eigenvalue weighted by Crippen LogP contribution is -1.79. The zero-order chi connectivity index (χ0) is 7.56. The average molecular weight is 156 g/mol. The number of rotatable bonds is 1. The number of hydrogen-bond acceptors (Lipinski definition) is 1. The van der Waals surface area contributed by atoms with Crippen molar-refractivity contribution >= 4 is 11.6 Å². The van der Waals surface area contributed by atoms with Crippen molar-refractivity contribution in [2.75, 3.05) is 0 Å². The third kappa shape index (κ3) is 1.31. The van der Waals surface area contributed by atoms with Gasteiger partial charge in [-0.05, 0) is 23.7 Å². The summed E-state index contributed by atoms with van der Waals surface area (Å²) in [5.41, 5.74) is 0. The minimum Gasteiger partial charge on any atom is -0.441 e. The van der Waals surface area contributed by atoms with E-state index in [4.69, 9.17) is 22.6 Å². The van der Waals surface area contributed by atoms with Gasteiger partial charge in [-0.3, -0.25) is 0 Å². The molecule has 0 fully saturated rings. The van der Waals surface area contributed by atoms with Gasteiger partial charge in [0.15, 0.2) is 11.0 Å². The second kappa shape index (κ2) is 2.76. The summed E-state index contributed by atoms with van der Waals surface area (Å²) in [6.45, 7) is 8.44. The first kappa shape index (κ1) is 7.17. The Morgan fingerprint density at radius 3 is 2.80 bits per heavy atom. The highest BCUT2D eigenvalue weighted by Gasteiger charge is 2.11. The van der Waals surface area contributed by atoms with Crippen molar-refractivity contribution in [2.45, 2.75) is 13.0 Å². The van der Waals surface area contributed by atoms with E-state index in [1.165, 1.54) is 0 Å². The summed E-state index contributed by atoms with van der Waals surface area (Å²) in [4.78, 5) is 3.27. The lowest BCUT2D eigenvalue weighted by Gasteiger charge is -1.89. The van der Waals surface area contributed by atoms with E-state index in [0.717, 1.165) is 0 Å². The first-order chi connectivity index (χ1) is 4.74. The van der Waals surface area contributed by atoms with Crippen LogP contribution in [0.25, 0.3) is 4.85 Å². The van der Waals surface area contributed by atoms with Gasteiger partial charge in [0.05, 0.1) is 0 Å². The van der Waals surface area contributed by atoms with Gasteiger partial charge in [0, 0.05) is 6.92 Å². The van der Waals surface area contributed by atoms with Gasteiger partial charge in [0.2, 0.25) is 0 Å². The number of halogens is 1. The molecule has 0 aliphatic carbocycles. The molecule has 0 radical (unpaired) electrons. The minimum atomic E-state index is -0.229. The molecule has 0 aliphatic rings. The molecule has 1 heterocycles. The maximum absolute atomic E-state index is 6.68. The van der Waals surface area contributed by atoms with Crippen LogP contribution in [0, 0.1) is 6.57 Å². The molecule has 1 unspecified atom stereocenters. The number of nitrogens with zero attached hydrogens (tertiary/aromatic N) is 1. The van der Waals surface area contributed by atoms with Crippen LogP contribution in [0.3, 0.4) is 0 Å². The van der Waals surface area contributed by atoms with Gasteiger partial charge in [0.25, 0.3) is 6.04 Å². The largest absolute Gasteiger partial charge is 0.441 e. The Morgan fingerprint density at radius 1 is 1.70 bits per heavy atom. The Hall–Kier alpha value is -0.940. The third-order valence-corrected chi connectivity index (χ3v) is 1.40. The molecule has 52 valence electrons. The molecule has 0 saturated heterocycles. The van der Waals surface area contributed by atoms with E-state index in [1.807, 2.05) is 0 Å². The van der Waals surface area contributed by atoms with E-state index < -0.39 is 0 Å². The fourth-order valence-electron chi connectivity index (χ4n) is 0.616. The van der Waals surface area contributed by atoms with Gasteiger partial charge >= 0.3 is 0 Å². The second-order valence-electron chi connectivity index (χ2n) is 1.95. The van der Waals surface area contributed by atoms with Crippen LogP contribution in [-0.2, 0) is 0 Å². The van der Waals surface area contributed by atoms with E-state index in [1.54, 1.807) is 19.1 Å². The number of hydrogen-bond donors (Lipinski definition) is 0. The Bertz CT molecular complexity index is 261. The molecule has 0 aromatic carbocycles. The number of furan rings is 1. The summed E-state index contributed by atoms with van der Waals surface area (Å²) in [5, 5.41) is 0.338. The predicted octanol–water partition coefficient (Wildman–Crippen LogP) is 2.91. The molecule has 0 bridgehead atoms. The molecule has 0 N–H and O–H groups in total. The van der Waals surface area contributed by atoms with Crippen molar-refractivity contribution in [1.82, 2.24) is 0 Å². The lowest BCUT2D eigenvalue weighted by atomic mass is 10.3. The zero-order valence-electron chi connectivity index (χ0n) is 5.47. The summed E-state index contributed by atoms with van der Waals surface area (Å²) in [6, 6.07) is 3.12. The van der Waals surface area contributed by atoms with Crippen molar-refractivity contribution in [1.29, 1.82) is 0 Å². The van der Waals surface area contributed by atoms with Gasteiger partial charge in [-0.1, -0.05) is 0 Å². The van der Waals surface area contributed by atoms with E-state index in [9.17, 15) is 0 Å². The van der Waals surface area contributed by atoms with Gasteiger partial charge in [-0.15, -0.1) is 0 Å². The highest BCUT2D eigenvalue weighted by molar-refractivity contribution is 6.28. The van der Waals surface area contributed by atoms with Crippen molar-refractivity contribution in [2.24, 2.45) is 0 Å². The zero-order valence-corrected chi connectivity index (χ0v) is 6.22. The first-order valence-electron chi connectivity index (χ1n) is 2.86. The summed E-state index contributed by atoms with van der Waals surface area (Å²) >= 11 is 5.49. The fraction of sp³-hybridized carbons (Fsp3) is 0.286. The molecule has 0 amide bonds. The standard InChI is InChI=1S/C7H6ClNO/c1-5(9-2)6-3-4-7(8)10-6/h3-5H,1H3. The summed E-state index contributed by atoms with van der Waals surface area (Å²) in [5.74, 6) is 0.625. The Morgan fingerprint density at radius 2 is 2.40 bits per heavy atom. The van der Waals surface area contributed by atoms with Crippen molar-refractivity contribution in [3.63, 3.8) is 0 Å². The average Bonchev–Trinajstić information content (AvgIpc) is 2.34. The monoisotopic (exact) mass is 155 g/mol. The summed E-state index contributed by atoms with van der Waals surface area (Å²) in [7, 11) is 0. The molecule has 1 aromatic heterocycles. The molecule has 2 nitrogen and oxygen atoms in total. The van der Waals surface area contributed by atoms with Crippen molar-refractivity contribution in [3.05, 3.63) is 34.5 Å². The Balaban J connectivity index is 2.87. The van der Waals surface area contributed by atoms with Crippen LogP contribution in [0.1, 0.15) is 18.7 Å². The Labute approximate surface area is 64.2 Å². The normalized spacial score (nSPS) is 12.5. The summed E-state index contributed by atoms with van der Waals surface area (Å²) in [6.07, 6.45) is 0. The molecule has 1 aromatic rings. The third-order valence-electron chi connectivity index (χ3n) is 1.20. The maximum Gasteiger partial charge on any atom is 0.277 e. The van der Waals surface area contributed by atoms with Crippen molar-refractivity contribution < 1.29 is 4.42 Å². The molecule has 1 rings (SSSR count). The molecular formula is C7H6ClNO. The fourth-order valence-corrected chi connectivity index (χ4v) is 0.769. The van der Waals surface area contributed by atoms with Crippen LogP contribution >= 0.6 is 11.6 Å². The highest BCUT2D eigenvalue weighted by Crippen LogP contribution is 2.21. The van der Waals surface area contributed by atoms with Gasteiger partial charge < -0.3 is 9.26 Å². The molecule has 0 aliphatic heterocycles. The molecule has 0 saturated carbocycles. The van der Waals surface area contributed by atoms with E-state index in [-0.39, 0.29) is 6.04 Å². The maximum atomic E-state index is 6.68. The van der Waals surface area contributed by atoms with Crippen LogP contribution in [0.4, 0.5) is 0 Å². The minimum absolute atomic E-state index is 0.229. The van der Waals surface area contributed by atoms with Gasteiger partial charge in [-0.2, -0.15) is 0 Å². The molecule has 10 heavy (non-hydrogen) atoms. The quantitative estimate of drug-likeness (QED) is 0.570. The molecule has 3 heteroatoms. The van der Waals surface area contributed by atoms with Crippen LogP contribution in [-0.4, -0.2) is 0 Å². The smallest absolute Gasteiger partial charge is 0.277 e. The lowest BCUT2D eigenvalue weighted by molar-refractivity contribution is 0.500. The SMILES string of the molecule is [C-]#[N+]C(C)c1ccc(Cl)o1. The molecule has 0 spiro atoms. The predicted molar refractivity (Wildman–Crippen MR) is 38.7 cm³/mol. The highest BCUT2D eigenvalue weighted by atomic mass is 35.5.